The van der Waals surface area contributed by atoms with E-state index in [1.807, 2.05) is 24.3 Å². The number of ether oxygens (including phenoxy) is 2. The minimum Gasteiger partial charge on any atom is -0.494 e. The molecule has 1 aromatic carbocycles. The van der Waals surface area contributed by atoms with Crippen molar-refractivity contribution in [3.05, 3.63) is 24.3 Å². The highest BCUT2D eigenvalue weighted by atomic mass is 79.9. The number of carboxylic acids is 1. The Morgan fingerprint density at radius 2 is 1.50 bits per heavy atom. The molecule has 0 saturated heterocycles. The summed E-state index contributed by atoms with van der Waals surface area (Å²) in [5.41, 5.74) is 5.44. The molecule has 24 heavy (non-hydrogen) atoms. The molecule has 0 amide bonds. The molecule has 0 radical (unpaired) electrons. The Bertz CT molecular complexity index is 439. The molecule has 6 heteroatoms. The lowest BCUT2D eigenvalue weighted by Crippen LogP contribution is -2.29. The van der Waals surface area contributed by atoms with Gasteiger partial charge in [-0.25, -0.2) is 0 Å². The molecule has 0 spiro atoms. The average molecular weight is 404 g/mol. The van der Waals surface area contributed by atoms with Gasteiger partial charge in [0, 0.05) is 0 Å². The Morgan fingerprint density at radius 3 is 1.96 bits per heavy atom. The normalized spacial score (nSPS) is 11.4. The van der Waals surface area contributed by atoms with E-state index < -0.39 is 12.0 Å². The summed E-state index contributed by atoms with van der Waals surface area (Å²) in [6, 6.07) is 6.84. The van der Waals surface area contributed by atoms with Gasteiger partial charge in [-0.15, -0.1) is 17.0 Å². The standard InChI is InChI=1S/C18H29NO4.BrH/c1-2-3-4-6-13-22-15-9-11-16(12-10-15)23-14-7-5-8-17(19)18(20)21;/h9-12,17H,2-8,13-14,19H2,1H3,(H,20,21);1H/t17-;/m0./s1. The highest BCUT2D eigenvalue weighted by Crippen LogP contribution is 2.18. The van der Waals surface area contributed by atoms with Gasteiger partial charge in [-0.05, 0) is 49.9 Å². The van der Waals surface area contributed by atoms with E-state index in [1.165, 1.54) is 19.3 Å². The fourth-order valence-electron chi connectivity index (χ4n) is 2.13. The first-order valence-corrected chi connectivity index (χ1v) is 8.47. The molecule has 1 rings (SSSR count). The second-order valence-corrected chi connectivity index (χ2v) is 5.67. The fourth-order valence-corrected chi connectivity index (χ4v) is 2.13. The number of hydrogen-bond acceptors (Lipinski definition) is 4. The number of carboxylic acid groups (broad SMARTS) is 1. The Morgan fingerprint density at radius 1 is 1.00 bits per heavy atom. The number of hydrogen-bond donors (Lipinski definition) is 2. The summed E-state index contributed by atoms with van der Waals surface area (Å²) in [5, 5.41) is 8.68. The topological polar surface area (TPSA) is 81.8 Å². The minimum absolute atomic E-state index is 0. The molecule has 5 nitrogen and oxygen atoms in total. The molecular weight excluding hydrogens is 374 g/mol. The quantitative estimate of drug-likeness (QED) is 0.482. The van der Waals surface area contributed by atoms with Crippen molar-refractivity contribution in [2.45, 2.75) is 57.9 Å². The van der Waals surface area contributed by atoms with Crippen LogP contribution in [-0.4, -0.2) is 30.3 Å². The van der Waals surface area contributed by atoms with Crippen molar-refractivity contribution >= 4 is 23.0 Å². The van der Waals surface area contributed by atoms with Gasteiger partial charge in [0.1, 0.15) is 17.5 Å². The van der Waals surface area contributed by atoms with E-state index in [0.717, 1.165) is 37.4 Å². The predicted molar refractivity (Wildman–Crippen MR) is 101 cm³/mol. The number of nitrogens with two attached hydrogens (primary N) is 1. The van der Waals surface area contributed by atoms with Crippen molar-refractivity contribution in [2.75, 3.05) is 13.2 Å². The molecule has 138 valence electrons. The second-order valence-electron chi connectivity index (χ2n) is 5.67. The lowest BCUT2D eigenvalue weighted by molar-refractivity contribution is -0.138. The van der Waals surface area contributed by atoms with E-state index in [0.29, 0.717) is 13.0 Å². The molecule has 0 aliphatic heterocycles. The van der Waals surface area contributed by atoms with Crippen LogP contribution in [0.4, 0.5) is 0 Å². The summed E-state index contributed by atoms with van der Waals surface area (Å²) in [6.07, 6.45) is 6.79. The van der Waals surface area contributed by atoms with Crippen molar-refractivity contribution in [2.24, 2.45) is 5.73 Å². The Hall–Kier alpha value is -1.27. The van der Waals surface area contributed by atoms with Crippen LogP contribution in [0.25, 0.3) is 0 Å². The number of rotatable bonds is 13. The van der Waals surface area contributed by atoms with Gasteiger partial charge in [0.2, 0.25) is 0 Å². The first-order valence-electron chi connectivity index (χ1n) is 8.47. The summed E-state index contributed by atoms with van der Waals surface area (Å²) in [5.74, 6) is 0.711. The van der Waals surface area contributed by atoms with Crippen molar-refractivity contribution < 1.29 is 19.4 Å². The first-order chi connectivity index (χ1) is 11.1. The zero-order valence-electron chi connectivity index (χ0n) is 14.4. The summed E-state index contributed by atoms with van der Waals surface area (Å²) in [7, 11) is 0. The van der Waals surface area contributed by atoms with Gasteiger partial charge in [0.15, 0.2) is 0 Å². The number of benzene rings is 1. The smallest absolute Gasteiger partial charge is 0.320 e. The third-order valence-electron chi connectivity index (χ3n) is 3.59. The zero-order chi connectivity index (χ0) is 16.9. The molecule has 0 saturated carbocycles. The molecule has 0 fully saturated rings. The van der Waals surface area contributed by atoms with Crippen LogP contribution in [-0.2, 0) is 4.79 Å². The maximum Gasteiger partial charge on any atom is 0.320 e. The first kappa shape index (κ1) is 22.7. The Labute approximate surface area is 155 Å². The fraction of sp³-hybridized carbons (Fsp3) is 0.611. The van der Waals surface area contributed by atoms with Gasteiger partial charge in [0.05, 0.1) is 13.2 Å². The highest BCUT2D eigenvalue weighted by molar-refractivity contribution is 8.93. The maximum atomic E-state index is 10.6. The predicted octanol–water partition coefficient (Wildman–Crippen LogP) is 4.18. The van der Waals surface area contributed by atoms with Gasteiger partial charge in [0.25, 0.3) is 0 Å². The van der Waals surface area contributed by atoms with Gasteiger partial charge in [-0.3, -0.25) is 4.79 Å². The van der Waals surface area contributed by atoms with E-state index in [4.69, 9.17) is 20.3 Å². The molecule has 3 N–H and O–H groups in total. The van der Waals surface area contributed by atoms with Crippen molar-refractivity contribution in [3.8, 4) is 11.5 Å². The monoisotopic (exact) mass is 403 g/mol. The van der Waals surface area contributed by atoms with Gasteiger partial charge in [-0.2, -0.15) is 0 Å². The van der Waals surface area contributed by atoms with E-state index in [2.05, 4.69) is 6.92 Å². The Balaban J connectivity index is 0.00000529. The zero-order valence-corrected chi connectivity index (χ0v) is 16.1. The van der Waals surface area contributed by atoms with Crippen molar-refractivity contribution in [1.82, 2.24) is 0 Å². The Kier molecular flexibility index (Phi) is 13.4. The van der Waals surface area contributed by atoms with Crippen LogP contribution < -0.4 is 15.2 Å². The van der Waals surface area contributed by atoms with Crippen LogP contribution in [0.1, 0.15) is 51.9 Å². The molecule has 0 aliphatic rings. The largest absolute Gasteiger partial charge is 0.494 e. The van der Waals surface area contributed by atoms with E-state index >= 15 is 0 Å². The number of halogens is 1. The molecule has 1 atom stereocenters. The summed E-state index contributed by atoms with van der Waals surface area (Å²) < 4.78 is 11.3. The van der Waals surface area contributed by atoms with Gasteiger partial charge in [-0.1, -0.05) is 26.2 Å². The van der Waals surface area contributed by atoms with Crippen LogP contribution in [0.2, 0.25) is 0 Å². The summed E-state index contributed by atoms with van der Waals surface area (Å²) in [6.45, 7) is 3.51. The lowest BCUT2D eigenvalue weighted by atomic mass is 10.1. The van der Waals surface area contributed by atoms with Crippen LogP contribution in [0.15, 0.2) is 24.3 Å². The second kappa shape index (κ2) is 14.1. The minimum atomic E-state index is -0.948. The molecule has 1 aromatic rings. The van der Waals surface area contributed by atoms with E-state index in [-0.39, 0.29) is 17.0 Å². The molecule has 0 unspecified atom stereocenters. The number of aliphatic carboxylic acids is 1. The van der Waals surface area contributed by atoms with Gasteiger partial charge < -0.3 is 20.3 Å². The maximum absolute atomic E-state index is 10.6. The van der Waals surface area contributed by atoms with Gasteiger partial charge >= 0.3 is 5.97 Å². The summed E-state index contributed by atoms with van der Waals surface area (Å²) >= 11 is 0. The van der Waals surface area contributed by atoms with Crippen molar-refractivity contribution in [3.63, 3.8) is 0 Å². The van der Waals surface area contributed by atoms with E-state index in [9.17, 15) is 4.79 Å². The molecule has 0 heterocycles. The summed E-state index contributed by atoms with van der Waals surface area (Å²) in [4.78, 5) is 10.6. The molecule has 0 aliphatic carbocycles. The third-order valence-corrected chi connectivity index (χ3v) is 3.59. The molecule has 0 bridgehead atoms. The van der Waals surface area contributed by atoms with Crippen LogP contribution in [0.5, 0.6) is 11.5 Å². The average Bonchev–Trinajstić information content (AvgIpc) is 2.55. The number of unbranched alkanes of at least 4 members (excludes halogenated alkanes) is 4. The third kappa shape index (κ3) is 10.5. The van der Waals surface area contributed by atoms with Crippen LogP contribution >= 0.6 is 17.0 Å². The molecule has 0 aromatic heterocycles. The van der Waals surface area contributed by atoms with Crippen molar-refractivity contribution in [1.29, 1.82) is 0 Å². The van der Waals surface area contributed by atoms with Crippen LogP contribution in [0, 0.1) is 0 Å². The number of carbonyl (C=O) groups is 1. The highest BCUT2D eigenvalue weighted by Gasteiger charge is 2.09. The lowest BCUT2D eigenvalue weighted by Gasteiger charge is -2.09. The SMILES string of the molecule is Br.CCCCCCOc1ccc(OCCCC[C@H](N)C(=O)O)cc1. The molecular formula is C18H30BrNO4. The van der Waals surface area contributed by atoms with Crippen LogP contribution in [0.3, 0.4) is 0 Å². The van der Waals surface area contributed by atoms with E-state index in [1.54, 1.807) is 0 Å².